The highest BCUT2D eigenvalue weighted by Crippen LogP contribution is 2.42. The van der Waals surface area contributed by atoms with Crippen molar-refractivity contribution in [1.29, 1.82) is 0 Å². The Morgan fingerprint density at radius 1 is 0.953 bits per heavy atom. The van der Waals surface area contributed by atoms with Crippen LogP contribution >= 0.6 is 0 Å². The molecule has 6 rings (SSSR count). The minimum absolute atomic E-state index is 0.349. The van der Waals surface area contributed by atoms with Crippen molar-refractivity contribution in [3.8, 4) is 22.5 Å². The Balaban J connectivity index is 1.30. The highest BCUT2D eigenvalue weighted by atomic mass is 16.8. The predicted octanol–water partition coefficient (Wildman–Crippen LogP) is 6.76. The van der Waals surface area contributed by atoms with Gasteiger partial charge in [0.2, 0.25) is 0 Å². The lowest BCUT2D eigenvalue weighted by atomic mass is 9.71. The van der Waals surface area contributed by atoms with Crippen LogP contribution in [-0.4, -0.2) is 39.9 Å². The number of alkyl carbamates (subject to hydrolysis) is 1. The molecule has 1 aliphatic heterocycles. The van der Waals surface area contributed by atoms with Crippen LogP contribution in [0.2, 0.25) is 0 Å². The van der Waals surface area contributed by atoms with E-state index < -0.39 is 23.5 Å². The molecule has 2 aromatic heterocycles. The lowest BCUT2D eigenvalue weighted by Crippen LogP contribution is -2.52. The van der Waals surface area contributed by atoms with E-state index in [2.05, 4.69) is 22.9 Å². The maximum Gasteiger partial charge on any atom is 0.408 e. The van der Waals surface area contributed by atoms with Gasteiger partial charge in [-0.25, -0.2) is 20.1 Å². The second-order valence-corrected chi connectivity index (χ2v) is 12.3. The number of pyridine rings is 1. The van der Waals surface area contributed by atoms with Gasteiger partial charge < -0.3 is 14.8 Å². The number of nitrogens with zero attached hydrogens (tertiary/aromatic N) is 2. The standard InChI is InChI=1S/C34H38N4O5/c1-33(2,3)42-32(40)36-34(19-9-20-34)26-16-13-23(14-17-26)29-30(24-10-5-4-6-11-24)38-22-25(15-18-27(38)35-29)31(39)37-43-28-12-7-8-21-41-28/h4-6,10-11,13-18,22,28H,7-9,12,19-21H2,1-3H3,(H,36,40)(H,37,39). The number of imidazole rings is 1. The second-order valence-electron chi connectivity index (χ2n) is 12.3. The zero-order valence-corrected chi connectivity index (χ0v) is 24.9. The van der Waals surface area contributed by atoms with Gasteiger partial charge in [0.1, 0.15) is 11.2 Å². The largest absolute Gasteiger partial charge is 0.444 e. The van der Waals surface area contributed by atoms with Crippen molar-refractivity contribution in [3.63, 3.8) is 0 Å². The van der Waals surface area contributed by atoms with E-state index >= 15 is 0 Å². The monoisotopic (exact) mass is 582 g/mol. The smallest absolute Gasteiger partial charge is 0.408 e. The first-order valence-corrected chi connectivity index (χ1v) is 15.0. The van der Waals surface area contributed by atoms with Crippen LogP contribution < -0.4 is 10.8 Å². The van der Waals surface area contributed by atoms with Gasteiger partial charge >= 0.3 is 6.09 Å². The molecule has 4 aromatic rings. The van der Waals surface area contributed by atoms with E-state index in [4.69, 9.17) is 19.3 Å². The van der Waals surface area contributed by atoms with E-state index in [-0.39, 0.29) is 5.91 Å². The molecule has 2 aromatic carbocycles. The van der Waals surface area contributed by atoms with Crippen molar-refractivity contribution in [3.05, 3.63) is 84.1 Å². The maximum absolute atomic E-state index is 13.0. The molecule has 9 heteroatoms. The minimum atomic E-state index is -0.562. The highest BCUT2D eigenvalue weighted by molar-refractivity contribution is 5.94. The number of hydroxylamine groups is 1. The van der Waals surface area contributed by atoms with Crippen LogP contribution in [-0.2, 0) is 19.9 Å². The summed E-state index contributed by atoms with van der Waals surface area (Å²) in [5, 5.41) is 3.13. The quantitative estimate of drug-likeness (QED) is 0.234. The van der Waals surface area contributed by atoms with E-state index in [0.717, 1.165) is 66.6 Å². The first-order chi connectivity index (χ1) is 20.7. The third kappa shape index (κ3) is 6.28. The molecule has 2 amide bonds. The zero-order chi connectivity index (χ0) is 30.0. The van der Waals surface area contributed by atoms with E-state index in [1.165, 1.54) is 0 Å². The molecule has 0 spiro atoms. The SMILES string of the molecule is CC(C)(C)OC(=O)NC1(c2ccc(-c3nc4ccc(C(=O)NOC5CCCCO5)cn4c3-c3ccccc3)cc2)CCC1. The molecule has 9 nitrogen and oxygen atoms in total. The number of aromatic nitrogens is 2. The lowest BCUT2D eigenvalue weighted by Gasteiger charge is -2.43. The summed E-state index contributed by atoms with van der Waals surface area (Å²) in [5.74, 6) is -0.349. The Labute approximate surface area is 251 Å². The Bertz CT molecular complexity index is 1600. The molecule has 0 radical (unpaired) electrons. The van der Waals surface area contributed by atoms with Gasteiger partial charge in [0, 0.05) is 30.4 Å². The molecule has 1 saturated heterocycles. The highest BCUT2D eigenvalue weighted by Gasteiger charge is 2.41. The number of nitrogens with one attached hydrogen (secondary N) is 2. The van der Waals surface area contributed by atoms with Crippen molar-refractivity contribution in [1.82, 2.24) is 20.2 Å². The normalized spacial score (nSPS) is 18.1. The molecule has 2 aliphatic rings. The molecule has 1 atom stereocenters. The predicted molar refractivity (Wildman–Crippen MR) is 163 cm³/mol. The van der Waals surface area contributed by atoms with Gasteiger partial charge in [0.15, 0.2) is 6.29 Å². The average molecular weight is 583 g/mol. The minimum Gasteiger partial charge on any atom is -0.444 e. The van der Waals surface area contributed by atoms with Gasteiger partial charge in [0.25, 0.3) is 5.91 Å². The number of fused-ring (bicyclic) bond motifs is 1. The van der Waals surface area contributed by atoms with E-state index in [9.17, 15) is 9.59 Å². The fourth-order valence-corrected chi connectivity index (χ4v) is 5.70. The fraction of sp³-hybridized carbons (Fsp3) is 0.382. The van der Waals surface area contributed by atoms with Gasteiger partial charge in [0.05, 0.1) is 22.5 Å². The molecular formula is C34H38N4O5. The van der Waals surface area contributed by atoms with Crippen LogP contribution in [0, 0.1) is 0 Å². The van der Waals surface area contributed by atoms with Crippen LogP contribution in [0.3, 0.4) is 0 Å². The Hall–Kier alpha value is -4.21. The molecule has 1 aliphatic carbocycles. The van der Waals surface area contributed by atoms with Gasteiger partial charge in [-0.05, 0) is 70.6 Å². The van der Waals surface area contributed by atoms with Crippen LogP contribution in [0.1, 0.15) is 75.2 Å². The molecule has 43 heavy (non-hydrogen) atoms. The number of carbonyl (C=O) groups excluding carboxylic acids is 2. The third-order valence-electron chi connectivity index (χ3n) is 8.01. The first kappa shape index (κ1) is 28.9. The van der Waals surface area contributed by atoms with Crippen molar-refractivity contribution >= 4 is 17.6 Å². The Morgan fingerprint density at radius 3 is 2.37 bits per heavy atom. The Kier molecular flexibility index (Phi) is 7.94. The maximum atomic E-state index is 13.0. The third-order valence-corrected chi connectivity index (χ3v) is 8.01. The number of hydrogen-bond acceptors (Lipinski definition) is 6. The number of benzene rings is 2. The van der Waals surface area contributed by atoms with Crippen LogP contribution in [0.25, 0.3) is 28.2 Å². The van der Waals surface area contributed by atoms with Crippen molar-refractivity contribution in [2.45, 2.75) is 76.7 Å². The number of ether oxygens (including phenoxy) is 2. The van der Waals surface area contributed by atoms with Crippen LogP contribution in [0.5, 0.6) is 0 Å². The summed E-state index contributed by atoms with van der Waals surface area (Å²) in [6, 6.07) is 21.8. The number of hydrogen-bond donors (Lipinski definition) is 2. The fourth-order valence-electron chi connectivity index (χ4n) is 5.70. The lowest BCUT2D eigenvalue weighted by molar-refractivity contribution is -0.186. The van der Waals surface area contributed by atoms with Gasteiger partial charge in [-0.2, -0.15) is 0 Å². The number of carbonyl (C=O) groups is 2. The number of amides is 2. The van der Waals surface area contributed by atoms with Crippen LogP contribution in [0.15, 0.2) is 72.9 Å². The molecule has 3 heterocycles. The summed E-state index contributed by atoms with van der Waals surface area (Å²) in [6.07, 6.45) is 6.47. The average Bonchev–Trinajstić information content (AvgIpc) is 3.37. The summed E-state index contributed by atoms with van der Waals surface area (Å²) in [7, 11) is 0. The molecule has 1 unspecified atom stereocenters. The molecule has 2 N–H and O–H groups in total. The van der Waals surface area contributed by atoms with Crippen molar-refractivity contribution in [2.24, 2.45) is 0 Å². The van der Waals surface area contributed by atoms with E-state index in [0.29, 0.717) is 17.8 Å². The summed E-state index contributed by atoms with van der Waals surface area (Å²) in [6.45, 7) is 6.23. The topological polar surface area (TPSA) is 103 Å². The Morgan fingerprint density at radius 2 is 1.72 bits per heavy atom. The van der Waals surface area contributed by atoms with E-state index in [1.807, 2.05) is 73.7 Å². The van der Waals surface area contributed by atoms with Crippen LogP contribution in [0.4, 0.5) is 4.79 Å². The van der Waals surface area contributed by atoms with Gasteiger partial charge in [-0.3, -0.25) is 9.20 Å². The van der Waals surface area contributed by atoms with Gasteiger partial charge in [-0.1, -0.05) is 54.6 Å². The van der Waals surface area contributed by atoms with Crippen molar-refractivity contribution < 1.29 is 23.9 Å². The molecule has 224 valence electrons. The zero-order valence-electron chi connectivity index (χ0n) is 24.9. The second kappa shape index (κ2) is 11.8. The summed E-state index contributed by atoms with van der Waals surface area (Å²) in [4.78, 5) is 36.2. The molecule has 1 saturated carbocycles. The molecular weight excluding hydrogens is 544 g/mol. The van der Waals surface area contributed by atoms with E-state index in [1.54, 1.807) is 12.3 Å². The van der Waals surface area contributed by atoms with Gasteiger partial charge in [-0.15, -0.1) is 0 Å². The summed E-state index contributed by atoms with van der Waals surface area (Å²) in [5.41, 5.74) is 7.33. The molecule has 2 fully saturated rings. The van der Waals surface area contributed by atoms with Crippen molar-refractivity contribution in [2.75, 3.05) is 6.61 Å². The molecule has 0 bridgehead atoms. The number of rotatable bonds is 7. The first-order valence-electron chi connectivity index (χ1n) is 15.0. The summed E-state index contributed by atoms with van der Waals surface area (Å²) < 4.78 is 13.1. The summed E-state index contributed by atoms with van der Waals surface area (Å²) >= 11 is 0.